The van der Waals surface area contributed by atoms with Gasteiger partial charge in [-0.3, -0.25) is 4.79 Å². The molecule has 2 aliphatic rings. The SMILES string of the molecule is CCCCOC(CC1COCO1)C(C(=O)O)C1CCCCC1. The fourth-order valence-electron chi connectivity index (χ4n) is 3.62. The molecule has 1 N–H and O–H groups in total. The monoisotopic (exact) mass is 314 g/mol. The molecular formula is C17H30O5. The van der Waals surface area contributed by atoms with E-state index in [1.54, 1.807) is 0 Å². The minimum Gasteiger partial charge on any atom is -0.481 e. The molecule has 2 fully saturated rings. The number of carboxylic acid groups (broad SMARTS) is 1. The molecule has 0 aromatic rings. The van der Waals surface area contributed by atoms with Crippen LogP contribution < -0.4 is 0 Å². The van der Waals surface area contributed by atoms with Gasteiger partial charge in [0.1, 0.15) is 6.79 Å². The number of hydrogen-bond donors (Lipinski definition) is 1. The molecule has 0 spiro atoms. The van der Waals surface area contributed by atoms with Crippen molar-refractivity contribution in [1.29, 1.82) is 0 Å². The molecule has 0 aromatic carbocycles. The first kappa shape index (κ1) is 17.7. The van der Waals surface area contributed by atoms with Crippen LogP contribution in [0.25, 0.3) is 0 Å². The summed E-state index contributed by atoms with van der Waals surface area (Å²) < 4.78 is 16.8. The average Bonchev–Trinajstić information content (AvgIpc) is 3.01. The first-order valence-corrected chi connectivity index (χ1v) is 8.76. The molecule has 3 atom stereocenters. The number of rotatable bonds is 9. The molecule has 0 bridgehead atoms. The molecule has 128 valence electrons. The number of aliphatic carboxylic acids is 1. The van der Waals surface area contributed by atoms with E-state index in [1.807, 2.05) is 0 Å². The van der Waals surface area contributed by atoms with Gasteiger partial charge < -0.3 is 19.3 Å². The van der Waals surface area contributed by atoms with Gasteiger partial charge in [-0.2, -0.15) is 0 Å². The molecule has 0 radical (unpaired) electrons. The van der Waals surface area contributed by atoms with Gasteiger partial charge in [-0.05, 0) is 25.2 Å². The highest BCUT2D eigenvalue weighted by Crippen LogP contribution is 2.35. The molecule has 5 nitrogen and oxygen atoms in total. The predicted molar refractivity (Wildman–Crippen MR) is 82.7 cm³/mol. The van der Waals surface area contributed by atoms with Crippen molar-refractivity contribution in [2.45, 2.75) is 70.5 Å². The second kappa shape index (κ2) is 9.48. The summed E-state index contributed by atoms with van der Waals surface area (Å²) >= 11 is 0. The van der Waals surface area contributed by atoms with Gasteiger partial charge in [0, 0.05) is 13.0 Å². The molecule has 22 heavy (non-hydrogen) atoms. The van der Waals surface area contributed by atoms with Crippen molar-refractivity contribution in [3.63, 3.8) is 0 Å². The van der Waals surface area contributed by atoms with Gasteiger partial charge >= 0.3 is 5.97 Å². The largest absolute Gasteiger partial charge is 0.481 e. The highest BCUT2D eigenvalue weighted by molar-refractivity contribution is 5.71. The molecule has 1 aliphatic heterocycles. The molecule has 0 aromatic heterocycles. The lowest BCUT2D eigenvalue weighted by molar-refractivity contribution is -0.153. The quantitative estimate of drug-likeness (QED) is 0.662. The van der Waals surface area contributed by atoms with Gasteiger partial charge in [0.25, 0.3) is 0 Å². The van der Waals surface area contributed by atoms with E-state index >= 15 is 0 Å². The zero-order valence-corrected chi connectivity index (χ0v) is 13.7. The van der Waals surface area contributed by atoms with E-state index in [4.69, 9.17) is 14.2 Å². The van der Waals surface area contributed by atoms with Crippen LogP contribution >= 0.6 is 0 Å². The number of carboxylic acids is 1. The Morgan fingerprint density at radius 3 is 2.68 bits per heavy atom. The van der Waals surface area contributed by atoms with Gasteiger partial charge in [0.05, 0.1) is 24.7 Å². The number of hydrogen-bond acceptors (Lipinski definition) is 4. The Kier molecular flexibility index (Phi) is 7.63. The maximum absolute atomic E-state index is 11.9. The van der Waals surface area contributed by atoms with Gasteiger partial charge in [-0.15, -0.1) is 0 Å². The molecule has 1 heterocycles. The fraction of sp³-hybridized carbons (Fsp3) is 0.941. The zero-order valence-electron chi connectivity index (χ0n) is 13.7. The molecular weight excluding hydrogens is 284 g/mol. The third-order valence-electron chi connectivity index (χ3n) is 4.86. The van der Waals surface area contributed by atoms with Crippen molar-refractivity contribution in [1.82, 2.24) is 0 Å². The summed E-state index contributed by atoms with van der Waals surface area (Å²) in [5.74, 6) is -0.895. The maximum Gasteiger partial charge on any atom is 0.309 e. The van der Waals surface area contributed by atoms with Crippen LogP contribution in [-0.2, 0) is 19.0 Å². The third kappa shape index (κ3) is 5.21. The Balaban J connectivity index is 2.01. The van der Waals surface area contributed by atoms with Crippen molar-refractivity contribution in [2.24, 2.45) is 11.8 Å². The summed E-state index contributed by atoms with van der Waals surface area (Å²) in [6, 6.07) is 0. The van der Waals surface area contributed by atoms with E-state index in [0.29, 0.717) is 26.4 Å². The lowest BCUT2D eigenvalue weighted by Crippen LogP contribution is -2.40. The van der Waals surface area contributed by atoms with E-state index in [1.165, 1.54) is 6.42 Å². The van der Waals surface area contributed by atoms with Gasteiger partial charge in [-0.25, -0.2) is 0 Å². The summed E-state index contributed by atoms with van der Waals surface area (Å²) in [6.07, 6.45) is 7.86. The smallest absolute Gasteiger partial charge is 0.309 e. The molecule has 5 heteroatoms. The van der Waals surface area contributed by atoms with Crippen molar-refractivity contribution < 1.29 is 24.1 Å². The van der Waals surface area contributed by atoms with E-state index in [2.05, 4.69) is 6.92 Å². The van der Waals surface area contributed by atoms with Crippen LogP contribution in [0, 0.1) is 11.8 Å². The highest BCUT2D eigenvalue weighted by Gasteiger charge is 2.38. The van der Waals surface area contributed by atoms with E-state index < -0.39 is 11.9 Å². The highest BCUT2D eigenvalue weighted by atomic mass is 16.7. The summed E-state index contributed by atoms with van der Waals surface area (Å²) in [5.41, 5.74) is 0. The molecule has 3 unspecified atom stereocenters. The van der Waals surface area contributed by atoms with Crippen LogP contribution in [0.5, 0.6) is 0 Å². The zero-order chi connectivity index (χ0) is 15.8. The fourth-order valence-corrected chi connectivity index (χ4v) is 3.62. The van der Waals surface area contributed by atoms with E-state index in [-0.39, 0.29) is 18.1 Å². The van der Waals surface area contributed by atoms with E-state index in [9.17, 15) is 9.90 Å². The Morgan fingerprint density at radius 2 is 2.09 bits per heavy atom. The number of unbranched alkanes of at least 4 members (excludes halogenated alkanes) is 1. The molecule has 1 saturated heterocycles. The molecule has 1 saturated carbocycles. The Morgan fingerprint density at radius 1 is 1.32 bits per heavy atom. The van der Waals surface area contributed by atoms with Crippen LogP contribution in [0.2, 0.25) is 0 Å². The number of ether oxygens (including phenoxy) is 3. The molecule has 0 amide bonds. The minimum absolute atomic E-state index is 0.0305. The summed E-state index contributed by atoms with van der Waals surface area (Å²) in [5, 5.41) is 9.77. The summed E-state index contributed by atoms with van der Waals surface area (Å²) in [6.45, 7) is 3.60. The van der Waals surface area contributed by atoms with Crippen molar-refractivity contribution >= 4 is 5.97 Å². The molecule has 2 rings (SSSR count). The minimum atomic E-state index is -0.715. The van der Waals surface area contributed by atoms with Crippen LogP contribution in [0.3, 0.4) is 0 Å². The summed E-state index contributed by atoms with van der Waals surface area (Å²) in [4.78, 5) is 11.9. The molecule has 1 aliphatic carbocycles. The van der Waals surface area contributed by atoms with Crippen molar-refractivity contribution in [3.8, 4) is 0 Å². The van der Waals surface area contributed by atoms with Gasteiger partial charge in [-0.1, -0.05) is 32.6 Å². The topological polar surface area (TPSA) is 65.0 Å². The standard InChI is InChI=1S/C17H30O5/c1-2-3-9-21-15(10-14-11-20-12-22-14)16(17(18)19)13-7-5-4-6-8-13/h13-16H,2-12H2,1H3,(H,18,19). The first-order chi connectivity index (χ1) is 10.7. The van der Waals surface area contributed by atoms with Crippen molar-refractivity contribution in [3.05, 3.63) is 0 Å². The average molecular weight is 314 g/mol. The Labute approximate surface area is 133 Å². The van der Waals surface area contributed by atoms with Crippen LogP contribution in [0.4, 0.5) is 0 Å². The van der Waals surface area contributed by atoms with Gasteiger partial charge in [0.2, 0.25) is 0 Å². The first-order valence-electron chi connectivity index (χ1n) is 8.76. The maximum atomic E-state index is 11.9. The second-order valence-corrected chi connectivity index (χ2v) is 6.54. The third-order valence-corrected chi connectivity index (χ3v) is 4.86. The van der Waals surface area contributed by atoms with Crippen molar-refractivity contribution in [2.75, 3.05) is 20.0 Å². The lowest BCUT2D eigenvalue weighted by Gasteiger charge is -2.34. The summed E-state index contributed by atoms with van der Waals surface area (Å²) in [7, 11) is 0. The van der Waals surface area contributed by atoms with E-state index in [0.717, 1.165) is 38.5 Å². The second-order valence-electron chi connectivity index (χ2n) is 6.54. The Bertz CT molecular complexity index is 321. The lowest BCUT2D eigenvalue weighted by atomic mass is 9.76. The van der Waals surface area contributed by atoms with Gasteiger partial charge in [0.15, 0.2) is 0 Å². The van der Waals surface area contributed by atoms with Crippen LogP contribution in [0.15, 0.2) is 0 Å². The van der Waals surface area contributed by atoms with Crippen LogP contribution in [-0.4, -0.2) is 43.3 Å². The number of carbonyl (C=O) groups is 1. The normalized spacial score (nSPS) is 26.0. The Hall–Kier alpha value is -0.650. The predicted octanol–water partition coefficient (Wildman–Crippen LogP) is 3.22. The van der Waals surface area contributed by atoms with Crippen LogP contribution in [0.1, 0.15) is 58.3 Å².